The van der Waals surface area contributed by atoms with Crippen LogP contribution in [0.5, 0.6) is 0 Å². The van der Waals surface area contributed by atoms with Gasteiger partial charge in [0, 0.05) is 12.8 Å². The number of carbonyl (C=O) groups excluding carboxylic acids is 2. The number of unbranched alkanes of at least 4 members (excludes halogenated alkanes) is 24. The summed E-state index contributed by atoms with van der Waals surface area (Å²) < 4.78 is 27.7. The van der Waals surface area contributed by atoms with Gasteiger partial charge in [-0.2, -0.15) is 0 Å². The molecule has 0 amide bonds. The third-order valence-electron chi connectivity index (χ3n) is 8.68. The first kappa shape index (κ1) is 46.0. The molecule has 0 rings (SSSR count). The van der Waals surface area contributed by atoms with Crippen LogP contribution in [-0.2, 0) is 28.2 Å². The minimum Gasteiger partial charge on any atom is -0.462 e. The van der Waals surface area contributed by atoms with Crippen LogP contribution < -0.4 is 0 Å². The van der Waals surface area contributed by atoms with Gasteiger partial charge in [0.1, 0.15) is 6.61 Å². The van der Waals surface area contributed by atoms with Crippen LogP contribution in [0.3, 0.4) is 0 Å². The lowest BCUT2D eigenvalue weighted by Crippen LogP contribution is -2.30. The van der Waals surface area contributed by atoms with E-state index in [1.54, 1.807) is 0 Å². The summed E-state index contributed by atoms with van der Waals surface area (Å²) in [5.41, 5.74) is 0. The fourth-order valence-electron chi connectivity index (χ4n) is 5.57. The van der Waals surface area contributed by atoms with E-state index < -0.39 is 44.7 Å². The monoisotopic (exact) mass is 692 g/mol. The molecule has 47 heavy (non-hydrogen) atoms. The number of hydrogen-bond acceptors (Lipinski definition) is 8. The molecule has 2 unspecified atom stereocenters. The largest absolute Gasteiger partial charge is 0.462 e. The van der Waals surface area contributed by atoms with Crippen LogP contribution in [0.1, 0.15) is 194 Å². The number of esters is 2. The summed E-state index contributed by atoms with van der Waals surface area (Å²) in [4.78, 5) is 34.6. The van der Waals surface area contributed by atoms with Crippen LogP contribution in [0.15, 0.2) is 0 Å². The second-order valence-corrected chi connectivity index (χ2v) is 15.3. The molecule has 0 saturated carbocycles. The fraction of sp³-hybridized carbons (Fsp3) is 0.946. The third-order valence-corrected chi connectivity index (χ3v) is 10.1. The van der Waals surface area contributed by atoms with E-state index in [1.807, 2.05) is 0 Å². The average Bonchev–Trinajstić information content (AvgIpc) is 3.06. The van der Waals surface area contributed by atoms with Crippen molar-refractivity contribution in [1.82, 2.24) is 0 Å². The van der Waals surface area contributed by atoms with Gasteiger partial charge >= 0.3 is 19.5 Å². The molecule has 0 aromatic rings. The molecular weight excluding hydrogens is 619 g/mol. The highest BCUT2D eigenvalue weighted by atomic mass is 31.2. The molecular formula is C37H73O9P. The van der Waals surface area contributed by atoms with Crippen LogP contribution in [0.4, 0.5) is 0 Å². The van der Waals surface area contributed by atoms with Gasteiger partial charge in [-0.25, -0.2) is 0 Å². The van der Waals surface area contributed by atoms with Crippen molar-refractivity contribution in [3.05, 3.63) is 0 Å². The highest BCUT2D eigenvalue weighted by Crippen LogP contribution is 2.46. The Morgan fingerprint density at radius 1 is 0.553 bits per heavy atom. The van der Waals surface area contributed by atoms with E-state index in [2.05, 4.69) is 13.8 Å². The third kappa shape index (κ3) is 30.8. The number of aliphatic hydroxyl groups is 2. The maximum Gasteiger partial charge on any atom is 0.358 e. The molecule has 0 aliphatic heterocycles. The number of aliphatic hydroxyl groups excluding tert-OH is 2. The average molecular weight is 693 g/mol. The van der Waals surface area contributed by atoms with Crippen LogP contribution >= 0.6 is 7.60 Å². The van der Waals surface area contributed by atoms with Crippen LogP contribution in [0.2, 0.25) is 0 Å². The van der Waals surface area contributed by atoms with Gasteiger partial charge in [-0.1, -0.05) is 168 Å². The Balaban J connectivity index is 4.21. The van der Waals surface area contributed by atoms with Crippen LogP contribution in [0, 0.1) is 0 Å². The Bertz CT molecular complexity index is 764. The van der Waals surface area contributed by atoms with Crippen LogP contribution in [0.25, 0.3) is 0 Å². The molecule has 0 spiro atoms. The second kappa shape index (κ2) is 33.5. The van der Waals surface area contributed by atoms with Gasteiger partial charge in [-0.05, 0) is 12.8 Å². The summed E-state index contributed by atoms with van der Waals surface area (Å²) in [5.74, 6) is -2.89. The zero-order valence-electron chi connectivity index (χ0n) is 30.3. The minimum atomic E-state index is -4.55. The Kier molecular flexibility index (Phi) is 32.8. The highest BCUT2D eigenvalue weighted by molar-refractivity contribution is 7.53. The molecule has 9 nitrogen and oxygen atoms in total. The van der Waals surface area contributed by atoms with E-state index in [-0.39, 0.29) is 19.4 Å². The second-order valence-electron chi connectivity index (χ2n) is 13.3. The summed E-state index contributed by atoms with van der Waals surface area (Å²) in [6.45, 7) is 2.68. The molecule has 0 heterocycles. The van der Waals surface area contributed by atoms with Crippen molar-refractivity contribution in [2.45, 2.75) is 206 Å². The maximum atomic E-state index is 12.5. The summed E-state index contributed by atoms with van der Waals surface area (Å²) in [6, 6.07) is 0. The lowest BCUT2D eigenvalue weighted by Gasteiger charge is -2.21. The van der Waals surface area contributed by atoms with E-state index in [4.69, 9.17) is 19.1 Å². The zero-order chi connectivity index (χ0) is 34.9. The first-order chi connectivity index (χ1) is 22.8. The Labute approximate surface area is 287 Å². The van der Waals surface area contributed by atoms with E-state index in [0.29, 0.717) is 12.8 Å². The van der Waals surface area contributed by atoms with Gasteiger partial charge in [-0.3, -0.25) is 14.2 Å². The van der Waals surface area contributed by atoms with Gasteiger partial charge in [-0.15, -0.1) is 0 Å². The lowest BCUT2D eigenvalue weighted by atomic mass is 10.0. The molecule has 0 aliphatic carbocycles. The molecule has 0 bridgehead atoms. The summed E-state index contributed by atoms with van der Waals surface area (Å²) in [6.07, 6.45) is 30.6. The van der Waals surface area contributed by atoms with Gasteiger partial charge in [0.25, 0.3) is 0 Å². The molecule has 0 aromatic carbocycles. The topological polar surface area (TPSA) is 140 Å². The number of hydrogen-bond donors (Lipinski definition) is 3. The predicted octanol–water partition coefficient (Wildman–Crippen LogP) is 9.92. The van der Waals surface area contributed by atoms with E-state index in [9.17, 15) is 24.2 Å². The van der Waals surface area contributed by atoms with E-state index in [1.165, 1.54) is 122 Å². The van der Waals surface area contributed by atoms with Crippen molar-refractivity contribution in [2.75, 3.05) is 19.8 Å². The predicted molar refractivity (Wildman–Crippen MR) is 190 cm³/mol. The Morgan fingerprint density at radius 2 is 0.894 bits per heavy atom. The standard InChI is InChI=1S/C37H73O9P/c1-3-5-7-9-11-13-15-17-19-21-23-25-27-29-35(39)44-32-34(33-45-47(42,43)37(41)31-38)46-36(40)30-28-26-24-22-20-18-16-14-12-10-8-6-4-2/h34,37-38,41H,3-33H2,1-2H3,(H,42,43)/t34-,37?/m1/s1. The van der Waals surface area contributed by atoms with Crippen molar-refractivity contribution >= 4 is 19.5 Å². The molecule has 0 radical (unpaired) electrons. The summed E-state index contributed by atoms with van der Waals surface area (Å²) >= 11 is 0. The molecule has 10 heteroatoms. The molecule has 0 aromatic heterocycles. The van der Waals surface area contributed by atoms with Gasteiger partial charge in [0.2, 0.25) is 0 Å². The number of rotatable bonds is 36. The highest BCUT2D eigenvalue weighted by Gasteiger charge is 2.32. The van der Waals surface area contributed by atoms with Crippen LogP contribution in [-0.4, -0.2) is 58.8 Å². The Morgan fingerprint density at radius 3 is 1.26 bits per heavy atom. The zero-order valence-corrected chi connectivity index (χ0v) is 31.2. The molecule has 3 atom stereocenters. The van der Waals surface area contributed by atoms with E-state index in [0.717, 1.165) is 32.1 Å². The molecule has 0 fully saturated rings. The quantitative estimate of drug-likeness (QED) is 0.0332. The molecule has 0 saturated heterocycles. The smallest absolute Gasteiger partial charge is 0.358 e. The molecule has 0 aliphatic rings. The summed E-state index contributed by atoms with van der Waals surface area (Å²) in [7, 11) is -4.55. The number of ether oxygens (including phenoxy) is 2. The minimum absolute atomic E-state index is 0.192. The van der Waals surface area contributed by atoms with Crippen molar-refractivity contribution < 1.29 is 43.3 Å². The van der Waals surface area contributed by atoms with Crippen molar-refractivity contribution in [2.24, 2.45) is 0 Å². The van der Waals surface area contributed by atoms with E-state index >= 15 is 0 Å². The van der Waals surface area contributed by atoms with Gasteiger partial charge < -0.3 is 29.1 Å². The van der Waals surface area contributed by atoms with Crippen molar-refractivity contribution in [3.63, 3.8) is 0 Å². The SMILES string of the molecule is CCCCCCCCCCCCCCCC(=O)OC[C@H](COP(=O)(O)C(O)CO)OC(=O)CCCCCCCCCCCCCCC. The van der Waals surface area contributed by atoms with Crippen molar-refractivity contribution in [3.8, 4) is 0 Å². The first-order valence-corrected chi connectivity index (χ1v) is 21.0. The molecule has 3 N–H and O–H groups in total. The fourth-order valence-corrected chi connectivity index (χ4v) is 6.33. The van der Waals surface area contributed by atoms with Crippen molar-refractivity contribution in [1.29, 1.82) is 0 Å². The first-order valence-electron chi connectivity index (χ1n) is 19.4. The van der Waals surface area contributed by atoms with Gasteiger partial charge in [0.15, 0.2) is 11.9 Å². The summed E-state index contributed by atoms with van der Waals surface area (Å²) in [5, 5.41) is 18.6. The number of carbonyl (C=O) groups is 2. The Hall–Kier alpha value is -0.990. The normalized spacial score (nSPS) is 14.1. The van der Waals surface area contributed by atoms with Gasteiger partial charge in [0.05, 0.1) is 13.2 Å². The molecule has 280 valence electrons. The maximum absolute atomic E-state index is 12.5. The lowest BCUT2D eigenvalue weighted by molar-refractivity contribution is -0.161.